The summed E-state index contributed by atoms with van der Waals surface area (Å²) in [7, 11) is 3.25. The Kier molecular flexibility index (Phi) is 4.19. The first kappa shape index (κ1) is 13.3. The van der Waals surface area contributed by atoms with Crippen LogP contribution in [0.3, 0.4) is 0 Å². The summed E-state index contributed by atoms with van der Waals surface area (Å²) >= 11 is 1.70. The molecule has 0 aromatic carbocycles. The minimum atomic E-state index is -0.528. The number of ether oxygens (including phenoxy) is 1. The summed E-state index contributed by atoms with van der Waals surface area (Å²) < 4.78 is 4.89. The summed E-state index contributed by atoms with van der Waals surface area (Å²) in [5.41, 5.74) is -0.528. The fourth-order valence-corrected chi connectivity index (χ4v) is 3.52. The number of methoxy groups -OCH3 is 1. The standard InChI is InChI=1S/C12H17N3O2S/c1-13-12(11(16)17-2)5-3-9(7-12)18-10-4-6-14-8-15-10/h4,6,8-9,13H,3,5,7H2,1-2H3. The van der Waals surface area contributed by atoms with E-state index in [1.165, 1.54) is 7.11 Å². The van der Waals surface area contributed by atoms with Crippen molar-refractivity contribution in [3.8, 4) is 0 Å². The fourth-order valence-electron chi connectivity index (χ4n) is 2.33. The third-order valence-corrected chi connectivity index (χ3v) is 4.58. The van der Waals surface area contributed by atoms with Crippen molar-refractivity contribution in [2.24, 2.45) is 0 Å². The van der Waals surface area contributed by atoms with E-state index in [2.05, 4.69) is 15.3 Å². The highest BCUT2D eigenvalue weighted by atomic mass is 32.2. The number of carbonyl (C=O) groups excluding carboxylic acids is 1. The van der Waals surface area contributed by atoms with Crippen molar-refractivity contribution in [3.05, 3.63) is 18.6 Å². The molecule has 2 rings (SSSR count). The molecule has 2 atom stereocenters. The van der Waals surface area contributed by atoms with Gasteiger partial charge >= 0.3 is 5.97 Å². The lowest BCUT2D eigenvalue weighted by Crippen LogP contribution is -2.49. The number of likely N-dealkylation sites (N-methyl/N-ethyl adjacent to an activating group) is 1. The molecule has 5 nitrogen and oxygen atoms in total. The number of hydrogen-bond donors (Lipinski definition) is 1. The van der Waals surface area contributed by atoms with Gasteiger partial charge in [0.15, 0.2) is 0 Å². The van der Waals surface area contributed by atoms with Crippen LogP contribution in [0.2, 0.25) is 0 Å². The highest BCUT2D eigenvalue weighted by molar-refractivity contribution is 7.99. The van der Waals surface area contributed by atoms with Crippen LogP contribution in [-0.2, 0) is 9.53 Å². The van der Waals surface area contributed by atoms with Crippen molar-refractivity contribution in [2.45, 2.75) is 35.1 Å². The molecule has 1 aromatic heterocycles. The smallest absolute Gasteiger partial charge is 0.326 e. The molecule has 0 radical (unpaired) electrons. The molecule has 6 heteroatoms. The second kappa shape index (κ2) is 5.67. The van der Waals surface area contributed by atoms with E-state index in [-0.39, 0.29) is 5.97 Å². The summed E-state index contributed by atoms with van der Waals surface area (Å²) in [6, 6.07) is 1.89. The number of nitrogens with zero attached hydrogens (tertiary/aromatic N) is 2. The Bertz CT molecular complexity index is 415. The minimum absolute atomic E-state index is 0.171. The van der Waals surface area contributed by atoms with Gasteiger partial charge in [0.2, 0.25) is 0 Å². The number of hydrogen-bond acceptors (Lipinski definition) is 6. The Morgan fingerprint density at radius 1 is 1.67 bits per heavy atom. The van der Waals surface area contributed by atoms with Crippen LogP contribution in [0.15, 0.2) is 23.6 Å². The Balaban J connectivity index is 2.01. The molecule has 1 heterocycles. The Morgan fingerprint density at radius 3 is 3.11 bits per heavy atom. The SMILES string of the molecule is CNC1(C(=O)OC)CCC(Sc2ccncn2)C1. The molecule has 0 aliphatic heterocycles. The normalized spacial score (nSPS) is 27.1. The highest BCUT2D eigenvalue weighted by Gasteiger charge is 2.45. The van der Waals surface area contributed by atoms with E-state index in [0.29, 0.717) is 5.25 Å². The molecule has 18 heavy (non-hydrogen) atoms. The van der Waals surface area contributed by atoms with E-state index >= 15 is 0 Å². The minimum Gasteiger partial charge on any atom is -0.468 e. The number of rotatable bonds is 4. The molecule has 0 saturated heterocycles. The fraction of sp³-hybridized carbons (Fsp3) is 0.583. The zero-order valence-electron chi connectivity index (χ0n) is 10.5. The largest absolute Gasteiger partial charge is 0.468 e. The van der Waals surface area contributed by atoms with Gasteiger partial charge in [0.1, 0.15) is 11.9 Å². The molecule has 1 aliphatic carbocycles. The van der Waals surface area contributed by atoms with Crippen LogP contribution in [0.4, 0.5) is 0 Å². The second-order valence-corrected chi connectivity index (χ2v) is 5.67. The lowest BCUT2D eigenvalue weighted by molar-refractivity contribution is -0.148. The van der Waals surface area contributed by atoms with Crippen LogP contribution < -0.4 is 5.32 Å². The molecule has 1 aliphatic rings. The lowest BCUT2D eigenvalue weighted by atomic mass is 9.98. The van der Waals surface area contributed by atoms with Gasteiger partial charge in [-0.25, -0.2) is 9.97 Å². The first-order valence-electron chi connectivity index (χ1n) is 5.90. The number of nitrogens with one attached hydrogen (secondary N) is 1. The third-order valence-electron chi connectivity index (χ3n) is 3.37. The third kappa shape index (κ3) is 2.64. The van der Waals surface area contributed by atoms with Gasteiger partial charge in [-0.1, -0.05) is 0 Å². The van der Waals surface area contributed by atoms with Crippen molar-refractivity contribution in [2.75, 3.05) is 14.2 Å². The van der Waals surface area contributed by atoms with Gasteiger partial charge in [0.05, 0.1) is 12.1 Å². The van der Waals surface area contributed by atoms with Gasteiger partial charge in [-0.15, -0.1) is 11.8 Å². The van der Waals surface area contributed by atoms with Gasteiger partial charge in [-0.2, -0.15) is 0 Å². The zero-order valence-corrected chi connectivity index (χ0v) is 11.4. The summed E-state index contributed by atoms with van der Waals surface area (Å²) in [5, 5.41) is 4.45. The van der Waals surface area contributed by atoms with Crippen molar-refractivity contribution >= 4 is 17.7 Å². The number of aromatic nitrogens is 2. The first-order chi connectivity index (χ1) is 8.70. The second-order valence-electron chi connectivity index (χ2n) is 4.35. The van der Waals surface area contributed by atoms with Crippen LogP contribution in [0.1, 0.15) is 19.3 Å². The molecule has 98 valence electrons. The molecule has 1 N–H and O–H groups in total. The Hall–Kier alpha value is -1.14. The predicted octanol–water partition coefficient (Wildman–Crippen LogP) is 1.25. The van der Waals surface area contributed by atoms with Gasteiger partial charge in [0, 0.05) is 11.4 Å². The predicted molar refractivity (Wildman–Crippen MR) is 69.3 cm³/mol. The van der Waals surface area contributed by atoms with Gasteiger partial charge in [0.25, 0.3) is 0 Å². The summed E-state index contributed by atoms with van der Waals surface area (Å²) in [6.45, 7) is 0. The molecular formula is C12H17N3O2S. The average Bonchev–Trinajstić information content (AvgIpc) is 2.83. The van der Waals surface area contributed by atoms with Gasteiger partial charge in [-0.3, -0.25) is 4.79 Å². The molecule has 2 unspecified atom stereocenters. The topological polar surface area (TPSA) is 64.1 Å². The highest BCUT2D eigenvalue weighted by Crippen LogP contribution is 2.39. The van der Waals surface area contributed by atoms with Crippen molar-refractivity contribution in [1.82, 2.24) is 15.3 Å². The van der Waals surface area contributed by atoms with Crippen LogP contribution in [0.5, 0.6) is 0 Å². The quantitative estimate of drug-likeness (QED) is 0.654. The number of thioether (sulfide) groups is 1. The van der Waals surface area contributed by atoms with Crippen molar-refractivity contribution < 1.29 is 9.53 Å². The van der Waals surface area contributed by atoms with E-state index in [0.717, 1.165) is 24.3 Å². The summed E-state index contributed by atoms with van der Waals surface area (Å²) in [5.74, 6) is -0.171. The number of esters is 1. The van der Waals surface area contributed by atoms with E-state index in [9.17, 15) is 4.79 Å². The molecular weight excluding hydrogens is 250 g/mol. The number of carbonyl (C=O) groups is 1. The average molecular weight is 267 g/mol. The maximum absolute atomic E-state index is 11.8. The van der Waals surface area contributed by atoms with Crippen LogP contribution in [-0.4, -0.2) is 40.9 Å². The first-order valence-corrected chi connectivity index (χ1v) is 6.78. The van der Waals surface area contributed by atoms with Gasteiger partial charge in [-0.05, 0) is 32.4 Å². The zero-order chi connectivity index (χ0) is 13.0. The maximum atomic E-state index is 11.8. The van der Waals surface area contributed by atoms with Crippen LogP contribution >= 0.6 is 11.8 Å². The summed E-state index contributed by atoms with van der Waals surface area (Å²) in [6.07, 6.45) is 5.83. The van der Waals surface area contributed by atoms with Crippen molar-refractivity contribution in [1.29, 1.82) is 0 Å². The molecule has 0 spiro atoms. The Morgan fingerprint density at radius 2 is 2.50 bits per heavy atom. The molecule has 1 fully saturated rings. The molecule has 0 amide bonds. The van der Waals surface area contributed by atoms with Gasteiger partial charge < -0.3 is 10.1 Å². The summed E-state index contributed by atoms with van der Waals surface area (Å²) in [4.78, 5) is 19.9. The Labute approximate surface area is 111 Å². The maximum Gasteiger partial charge on any atom is 0.326 e. The lowest BCUT2D eigenvalue weighted by Gasteiger charge is -2.25. The molecule has 1 aromatic rings. The molecule has 0 bridgehead atoms. The monoisotopic (exact) mass is 267 g/mol. The van der Waals surface area contributed by atoms with Crippen molar-refractivity contribution in [3.63, 3.8) is 0 Å². The van der Waals surface area contributed by atoms with Crippen LogP contribution in [0.25, 0.3) is 0 Å². The van der Waals surface area contributed by atoms with E-state index in [1.807, 2.05) is 13.1 Å². The van der Waals surface area contributed by atoms with E-state index in [1.54, 1.807) is 24.3 Å². The van der Waals surface area contributed by atoms with Crippen LogP contribution in [0, 0.1) is 0 Å². The van der Waals surface area contributed by atoms with E-state index in [4.69, 9.17) is 4.74 Å². The van der Waals surface area contributed by atoms with E-state index < -0.39 is 5.54 Å². The molecule has 1 saturated carbocycles.